The summed E-state index contributed by atoms with van der Waals surface area (Å²) in [5, 5.41) is 3.31. The Hall–Kier alpha value is -1.48. The van der Waals surface area contributed by atoms with Crippen LogP contribution in [0.2, 0.25) is 5.02 Å². The van der Waals surface area contributed by atoms with E-state index in [9.17, 15) is 4.79 Å². The molecule has 1 aromatic carbocycles. The van der Waals surface area contributed by atoms with Gasteiger partial charge in [-0.25, -0.2) is 0 Å². The Morgan fingerprint density at radius 3 is 1.94 bits per heavy atom. The average molecular weight is 255 g/mol. The lowest BCUT2D eigenvalue weighted by atomic mass is 10.3. The quantitative estimate of drug-likeness (QED) is 0.824. The summed E-state index contributed by atoms with van der Waals surface area (Å²) < 4.78 is 1.64. The minimum absolute atomic E-state index is 0.116. The van der Waals surface area contributed by atoms with Gasteiger partial charge in [-0.1, -0.05) is 39.3 Å². The summed E-state index contributed by atoms with van der Waals surface area (Å²) in [6.45, 7) is 8.00. The van der Waals surface area contributed by atoms with E-state index in [-0.39, 0.29) is 5.56 Å². The maximum atomic E-state index is 10.8. The van der Waals surface area contributed by atoms with E-state index in [0.717, 1.165) is 5.69 Å². The third kappa shape index (κ3) is 4.91. The van der Waals surface area contributed by atoms with Crippen molar-refractivity contribution < 1.29 is 0 Å². The number of H-pyrrole nitrogens is 1. The van der Waals surface area contributed by atoms with Gasteiger partial charge in [0, 0.05) is 17.3 Å². The Kier molecular flexibility index (Phi) is 7.89. The molecule has 94 valence electrons. The van der Waals surface area contributed by atoms with Gasteiger partial charge in [-0.2, -0.15) is 0 Å². The fraction of sp³-hybridized carbons (Fsp3) is 0.308. The van der Waals surface area contributed by atoms with Crippen LogP contribution in [0, 0.1) is 0 Å². The standard InChI is InChI=1S/C9H7ClN2O.2C2H6/c10-7-1-3-8(4-2-7)12-6-5-9(13)11-12;2*1-2/h1-6H,(H,11,13);2*1-2H3. The molecule has 0 radical (unpaired) electrons. The normalized spacial score (nSPS) is 8.53. The SMILES string of the molecule is CC.CC.O=c1ccn(-c2ccc(Cl)cc2)[nH]1. The van der Waals surface area contributed by atoms with Gasteiger partial charge >= 0.3 is 0 Å². The number of benzene rings is 1. The smallest absolute Gasteiger partial charge is 0.264 e. The molecule has 0 saturated carbocycles. The first-order chi connectivity index (χ1) is 8.25. The fourth-order valence-corrected chi connectivity index (χ4v) is 1.21. The molecule has 0 spiro atoms. The zero-order valence-corrected chi connectivity index (χ0v) is 11.5. The maximum absolute atomic E-state index is 10.8. The molecule has 0 aliphatic heterocycles. The van der Waals surface area contributed by atoms with Gasteiger partial charge in [0.05, 0.1) is 5.69 Å². The zero-order valence-electron chi connectivity index (χ0n) is 10.7. The van der Waals surface area contributed by atoms with Crippen molar-refractivity contribution in [3.8, 4) is 5.69 Å². The number of aromatic nitrogens is 2. The van der Waals surface area contributed by atoms with Gasteiger partial charge in [-0.05, 0) is 24.3 Å². The van der Waals surface area contributed by atoms with Crippen LogP contribution in [0.5, 0.6) is 0 Å². The minimum atomic E-state index is -0.116. The molecule has 0 aliphatic rings. The van der Waals surface area contributed by atoms with Crippen molar-refractivity contribution in [2.75, 3.05) is 0 Å². The third-order valence-electron chi connectivity index (χ3n) is 1.71. The summed E-state index contributed by atoms with van der Waals surface area (Å²) in [7, 11) is 0. The van der Waals surface area contributed by atoms with Crippen LogP contribution in [0.25, 0.3) is 5.69 Å². The second kappa shape index (κ2) is 8.65. The first-order valence-electron chi connectivity index (χ1n) is 5.79. The van der Waals surface area contributed by atoms with Crippen LogP contribution in [-0.2, 0) is 0 Å². The second-order valence-electron chi connectivity index (χ2n) is 2.64. The van der Waals surface area contributed by atoms with Gasteiger partial charge in [0.1, 0.15) is 0 Å². The maximum Gasteiger partial charge on any atom is 0.264 e. The highest BCUT2D eigenvalue weighted by molar-refractivity contribution is 6.30. The van der Waals surface area contributed by atoms with Crippen LogP contribution in [0.4, 0.5) is 0 Å². The number of hydrogen-bond acceptors (Lipinski definition) is 1. The molecule has 2 aromatic rings. The van der Waals surface area contributed by atoms with E-state index in [1.54, 1.807) is 23.0 Å². The van der Waals surface area contributed by atoms with Crippen LogP contribution in [-0.4, -0.2) is 9.78 Å². The van der Waals surface area contributed by atoms with Crippen molar-refractivity contribution in [2.24, 2.45) is 0 Å². The minimum Gasteiger partial charge on any atom is -0.268 e. The number of nitrogens with one attached hydrogen (secondary N) is 1. The predicted octanol–water partition coefficient (Wildman–Crippen LogP) is 3.87. The monoisotopic (exact) mass is 254 g/mol. The molecule has 0 amide bonds. The van der Waals surface area contributed by atoms with E-state index < -0.39 is 0 Å². The molecule has 1 aromatic heterocycles. The molecule has 1 N–H and O–H groups in total. The van der Waals surface area contributed by atoms with Gasteiger partial charge < -0.3 is 0 Å². The molecule has 4 heteroatoms. The van der Waals surface area contributed by atoms with E-state index in [0.29, 0.717) is 5.02 Å². The van der Waals surface area contributed by atoms with Crippen LogP contribution in [0.15, 0.2) is 41.3 Å². The summed E-state index contributed by atoms with van der Waals surface area (Å²) in [4.78, 5) is 10.8. The first-order valence-corrected chi connectivity index (χ1v) is 6.17. The van der Waals surface area contributed by atoms with Crippen molar-refractivity contribution in [3.05, 3.63) is 51.9 Å². The first kappa shape index (κ1) is 15.5. The summed E-state index contributed by atoms with van der Waals surface area (Å²) in [6.07, 6.45) is 1.67. The predicted molar refractivity (Wildman–Crippen MR) is 74.1 cm³/mol. The molecule has 17 heavy (non-hydrogen) atoms. The Labute approximate surface area is 107 Å². The van der Waals surface area contributed by atoms with Gasteiger partial charge in [0.25, 0.3) is 5.56 Å². The Bertz CT molecular complexity index is 457. The van der Waals surface area contributed by atoms with E-state index in [4.69, 9.17) is 11.6 Å². The number of nitrogens with zero attached hydrogens (tertiary/aromatic N) is 1. The summed E-state index contributed by atoms with van der Waals surface area (Å²) in [5.41, 5.74) is 0.765. The average Bonchev–Trinajstić information content (AvgIpc) is 2.82. The highest BCUT2D eigenvalue weighted by Crippen LogP contribution is 2.11. The van der Waals surface area contributed by atoms with E-state index in [1.807, 2.05) is 39.8 Å². The van der Waals surface area contributed by atoms with E-state index in [1.165, 1.54) is 6.07 Å². The van der Waals surface area contributed by atoms with E-state index in [2.05, 4.69) is 5.10 Å². The van der Waals surface area contributed by atoms with E-state index >= 15 is 0 Å². The molecule has 0 atom stereocenters. The molecule has 0 aliphatic carbocycles. The number of rotatable bonds is 1. The molecule has 1 heterocycles. The summed E-state index contributed by atoms with van der Waals surface area (Å²) in [5.74, 6) is 0. The van der Waals surface area contributed by atoms with Crippen molar-refractivity contribution in [1.29, 1.82) is 0 Å². The summed E-state index contributed by atoms with van der Waals surface area (Å²) in [6, 6.07) is 8.68. The van der Waals surface area contributed by atoms with Crippen LogP contribution in [0.1, 0.15) is 27.7 Å². The highest BCUT2D eigenvalue weighted by atomic mass is 35.5. The lowest BCUT2D eigenvalue weighted by Crippen LogP contribution is -2.02. The van der Waals surface area contributed by atoms with Crippen LogP contribution in [0.3, 0.4) is 0 Å². The van der Waals surface area contributed by atoms with Crippen molar-refractivity contribution in [1.82, 2.24) is 9.78 Å². The van der Waals surface area contributed by atoms with Gasteiger partial charge in [0.2, 0.25) is 0 Å². The van der Waals surface area contributed by atoms with Gasteiger partial charge in [-0.15, -0.1) is 0 Å². The van der Waals surface area contributed by atoms with Crippen molar-refractivity contribution >= 4 is 11.6 Å². The fourth-order valence-electron chi connectivity index (χ4n) is 1.09. The molecule has 2 rings (SSSR count). The summed E-state index contributed by atoms with van der Waals surface area (Å²) >= 11 is 5.72. The third-order valence-corrected chi connectivity index (χ3v) is 1.96. The molecule has 3 nitrogen and oxygen atoms in total. The molecular weight excluding hydrogens is 236 g/mol. The van der Waals surface area contributed by atoms with Crippen molar-refractivity contribution in [2.45, 2.75) is 27.7 Å². The highest BCUT2D eigenvalue weighted by Gasteiger charge is 1.95. The molecule has 0 bridgehead atoms. The Morgan fingerprint density at radius 1 is 1.00 bits per heavy atom. The molecule has 0 fully saturated rings. The Balaban J connectivity index is 0.000000581. The molecular formula is C13H19ClN2O. The van der Waals surface area contributed by atoms with Crippen molar-refractivity contribution in [3.63, 3.8) is 0 Å². The van der Waals surface area contributed by atoms with Crippen LogP contribution < -0.4 is 5.56 Å². The number of hydrogen-bond donors (Lipinski definition) is 1. The number of halogens is 1. The van der Waals surface area contributed by atoms with Gasteiger partial charge in [0.15, 0.2) is 0 Å². The largest absolute Gasteiger partial charge is 0.268 e. The second-order valence-corrected chi connectivity index (χ2v) is 3.07. The van der Waals surface area contributed by atoms with Gasteiger partial charge in [-0.3, -0.25) is 14.6 Å². The number of aromatic amines is 1. The van der Waals surface area contributed by atoms with Crippen LogP contribution >= 0.6 is 11.6 Å². The molecule has 0 unspecified atom stereocenters. The topological polar surface area (TPSA) is 37.8 Å². The molecule has 0 saturated heterocycles. The zero-order chi connectivity index (χ0) is 13.3. The Morgan fingerprint density at radius 2 is 1.53 bits per heavy atom. The lowest BCUT2D eigenvalue weighted by Gasteiger charge is -2.00. The lowest BCUT2D eigenvalue weighted by molar-refractivity contribution is 0.864.